The number of benzene rings is 1. The first-order valence-corrected chi connectivity index (χ1v) is 9.06. The molecule has 0 radical (unpaired) electrons. The molecule has 2 aromatic heterocycles. The average molecular weight is 337 g/mol. The van der Waals surface area contributed by atoms with Crippen molar-refractivity contribution in [1.82, 2.24) is 9.97 Å². The summed E-state index contributed by atoms with van der Waals surface area (Å²) in [4.78, 5) is 23.0. The van der Waals surface area contributed by atoms with E-state index in [0.29, 0.717) is 5.56 Å². The van der Waals surface area contributed by atoms with Gasteiger partial charge in [0.05, 0.1) is 5.39 Å². The molecule has 0 fully saturated rings. The zero-order chi connectivity index (χ0) is 16.7. The fraction of sp³-hybridized carbons (Fsp3) is 0.316. The third-order valence-electron chi connectivity index (χ3n) is 4.62. The smallest absolute Gasteiger partial charge is 0.159 e. The van der Waals surface area contributed by atoms with Gasteiger partial charge in [-0.3, -0.25) is 4.79 Å². The Kier molecular flexibility index (Phi) is 3.81. The van der Waals surface area contributed by atoms with E-state index in [0.717, 1.165) is 40.5 Å². The molecular weight excluding hydrogens is 318 g/mol. The fourth-order valence-electron chi connectivity index (χ4n) is 3.32. The first-order valence-electron chi connectivity index (χ1n) is 8.25. The van der Waals surface area contributed by atoms with Crippen LogP contribution in [-0.2, 0) is 12.8 Å². The molecule has 2 heterocycles. The number of ketones is 1. The number of rotatable bonds is 3. The number of nitrogens with one attached hydrogen (secondary N) is 1. The van der Waals surface area contributed by atoms with Gasteiger partial charge in [0.2, 0.25) is 0 Å². The van der Waals surface area contributed by atoms with Gasteiger partial charge in [-0.25, -0.2) is 9.97 Å². The molecule has 1 aliphatic rings. The molecule has 0 saturated heterocycles. The van der Waals surface area contributed by atoms with E-state index >= 15 is 0 Å². The molecule has 3 aromatic rings. The van der Waals surface area contributed by atoms with Gasteiger partial charge in [0, 0.05) is 16.1 Å². The average Bonchev–Trinajstić information content (AvgIpc) is 2.93. The number of anilines is 2. The van der Waals surface area contributed by atoms with Gasteiger partial charge in [-0.15, -0.1) is 11.3 Å². The molecule has 1 aliphatic carbocycles. The Morgan fingerprint density at radius 3 is 3.04 bits per heavy atom. The summed E-state index contributed by atoms with van der Waals surface area (Å²) >= 11 is 1.79. The van der Waals surface area contributed by atoms with Crippen LogP contribution in [0.25, 0.3) is 10.2 Å². The summed E-state index contributed by atoms with van der Waals surface area (Å²) in [7, 11) is 0. The van der Waals surface area contributed by atoms with Crippen LogP contribution in [0.2, 0.25) is 0 Å². The van der Waals surface area contributed by atoms with E-state index in [9.17, 15) is 4.79 Å². The van der Waals surface area contributed by atoms with Gasteiger partial charge < -0.3 is 5.32 Å². The van der Waals surface area contributed by atoms with E-state index in [1.165, 1.54) is 16.9 Å². The predicted molar refractivity (Wildman–Crippen MR) is 98.3 cm³/mol. The summed E-state index contributed by atoms with van der Waals surface area (Å²) in [6.45, 7) is 3.89. The maximum atomic E-state index is 11.6. The van der Waals surface area contributed by atoms with E-state index in [4.69, 9.17) is 0 Å². The molecule has 5 heteroatoms. The van der Waals surface area contributed by atoms with Crippen molar-refractivity contribution in [2.24, 2.45) is 5.92 Å². The van der Waals surface area contributed by atoms with Crippen molar-refractivity contribution in [2.75, 3.05) is 5.32 Å². The third kappa shape index (κ3) is 2.69. The highest BCUT2D eigenvalue weighted by molar-refractivity contribution is 7.19. The van der Waals surface area contributed by atoms with Crippen LogP contribution in [0.4, 0.5) is 11.5 Å². The second kappa shape index (κ2) is 5.98. The lowest BCUT2D eigenvalue weighted by molar-refractivity contribution is 0.101. The molecule has 1 aromatic carbocycles. The lowest BCUT2D eigenvalue weighted by Crippen LogP contribution is -2.09. The van der Waals surface area contributed by atoms with Gasteiger partial charge in [0.25, 0.3) is 0 Å². The van der Waals surface area contributed by atoms with E-state index in [1.54, 1.807) is 24.6 Å². The molecule has 0 saturated carbocycles. The highest BCUT2D eigenvalue weighted by Gasteiger charge is 2.23. The number of aryl methyl sites for hydroxylation is 1. The molecule has 24 heavy (non-hydrogen) atoms. The topological polar surface area (TPSA) is 54.9 Å². The number of carbonyl (C=O) groups excluding carboxylic acids is 1. The minimum Gasteiger partial charge on any atom is -0.340 e. The number of carbonyl (C=O) groups is 1. The van der Waals surface area contributed by atoms with Crippen molar-refractivity contribution in [1.29, 1.82) is 0 Å². The Morgan fingerprint density at radius 2 is 2.21 bits per heavy atom. The fourth-order valence-corrected chi connectivity index (χ4v) is 4.67. The van der Waals surface area contributed by atoms with Crippen LogP contribution in [0.1, 0.15) is 41.1 Å². The number of hydrogen-bond donors (Lipinski definition) is 1. The molecular formula is C19H19N3OS. The van der Waals surface area contributed by atoms with Gasteiger partial charge >= 0.3 is 0 Å². The van der Waals surface area contributed by atoms with Crippen LogP contribution < -0.4 is 5.32 Å². The third-order valence-corrected chi connectivity index (χ3v) is 5.79. The maximum absolute atomic E-state index is 11.6. The molecule has 1 unspecified atom stereocenters. The number of hydrogen-bond acceptors (Lipinski definition) is 5. The summed E-state index contributed by atoms with van der Waals surface area (Å²) in [6.07, 6.45) is 5.06. The lowest BCUT2D eigenvalue weighted by atomic mass is 9.89. The Labute approximate surface area is 145 Å². The highest BCUT2D eigenvalue weighted by Crippen LogP contribution is 2.40. The van der Waals surface area contributed by atoms with Crippen molar-refractivity contribution < 1.29 is 4.79 Å². The highest BCUT2D eigenvalue weighted by atomic mass is 32.1. The van der Waals surface area contributed by atoms with Crippen molar-refractivity contribution >= 4 is 38.8 Å². The van der Waals surface area contributed by atoms with Crippen molar-refractivity contribution in [2.45, 2.75) is 33.1 Å². The van der Waals surface area contributed by atoms with Crippen LogP contribution in [0.5, 0.6) is 0 Å². The summed E-state index contributed by atoms with van der Waals surface area (Å²) in [5.41, 5.74) is 2.98. The number of fused-ring (bicyclic) bond motifs is 3. The largest absolute Gasteiger partial charge is 0.340 e. The minimum atomic E-state index is 0.0633. The number of thiophene rings is 1. The van der Waals surface area contributed by atoms with Crippen LogP contribution in [0, 0.1) is 5.92 Å². The normalized spacial score (nSPS) is 16.8. The zero-order valence-electron chi connectivity index (χ0n) is 13.8. The molecule has 122 valence electrons. The second-order valence-electron chi connectivity index (χ2n) is 6.52. The van der Waals surface area contributed by atoms with E-state index in [-0.39, 0.29) is 5.78 Å². The van der Waals surface area contributed by atoms with Gasteiger partial charge in [-0.1, -0.05) is 19.1 Å². The molecule has 4 nitrogen and oxygen atoms in total. The maximum Gasteiger partial charge on any atom is 0.159 e. The Morgan fingerprint density at radius 1 is 1.33 bits per heavy atom. The van der Waals surface area contributed by atoms with Crippen molar-refractivity contribution in [3.8, 4) is 0 Å². The van der Waals surface area contributed by atoms with E-state index in [2.05, 4.69) is 22.2 Å². The molecule has 4 rings (SSSR count). The quantitative estimate of drug-likeness (QED) is 0.700. The number of aromatic nitrogens is 2. The zero-order valence-corrected chi connectivity index (χ0v) is 14.6. The number of nitrogens with zero attached hydrogens (tertiary/aromatic N) is 2. The SMILES string of the molecule is CC(=O)c1cccc(Nc2ncnc3sc4c(c23)CCC(C)C4)c1. The predicted octanol–water partition coefficient (Wildman–Crippen LogP) is 4.76. The summed E-state index contributed by atoms with van der Waals surface area (Å²) in [6, 6.07) is 7.55. The first-order chi connectivity index (χ1) is 11.6. The monoisotopic (exact) mass is 337 g/mol. The summed E-state index contributed by atoms with van der Waals surface area (Å²) in [5.74, 6) is 1.64. The van der Waals surface area contributed by atoms with Gasteiger partial charge in [-0.2, -0.15) is 0 Å². The van der Waals surface area contributed by atoms with Crippen molar-refractivity contribution in [3.05, 3.63) is 46.6 Å². The van der Waals surface area contributed by atoms with E-state index < -0.39 is 0 Å². The van der Waals surface area contributed by atoms with Crippen molar-refractivity contribution in [3.63, 3.8) is 0 Å². The molecule has 0 amide bonds. The van der Waals surface area contributed by atoms with Crippen LogP contribution in [0.15, 0.2) is 30.6 Å². The molecule has 1 N–H and O–H groups in total. The molecule has 0 aliphatic heterocycles. The summed E-state index contributed by atoms with van der Waals surface area (Å²) in [5, 5.41) is 4.54. The molecule has 0 spiro atoms. The van der Waals surface area contributed by atoms with Gasteiger partial charge in [0.15, 0.2) is 5.78 Å². The van der Waals surface area contributed by atoms with E-state index in [1.807, 2.05) is 24.3 Å². The Bertz CT molecular complexity index is 932. The number of Topliss-reactive ketones (excluding diaryl/α,β-unsaturated/α-hetero) is 1. The Hall–Kier alpha value is -2.27. The standard InChI is InChI=1S/C19H19N3OS/c1-11-6-7-15-16(8-11)24-19-17(15)18(20-10-21-19)22-14-5-3-4-13(9-14)12(2)23/h3-5,9-11H,6-8H2,1-2H3,(H,20,21,22). The Balaban J connectivity index is 1.77. The van der Waals surface area contributed by atoms with Crippen LogP contribution >= 0.6 is 11.3 Å². The summed E-state index contributed by atoms with van der Waals surface area (Å²) < 4.78 is 0. The van der Waals surface area contributed by atoms with Crippen LogP contribution in [0.3, 0.4) is 0 Å². The lowest BCUT2D eigenvalue weighted by Gasteiger charge is -2.18. The van der Waals surface area contributed by atoms with Gasteiger partial charge in [0.1, 0.15) is 17.0 Å². The minimum absolute atomic E-state index is 0.0633. The second-order valence-corrected chi connectivity index (χ2v) is 7.60. The van der Waals surface area contributed by atoms with Crippen LogP contribution in [-0.4, -0.2) is 15.8 Å². The molecule has 0 bridgehead atoms. The van der Waals surface area contributed by atoms with Gasteiger partial charge in [-0.05, 0) is 49.8 Å². The molecule has 1 atom stereocenters. The first kappa shape index (κ1) is 15.3.